The molecule has 0 radical (unpaired) electrons. The maximum absolute atomic E-state index is 10.9. The molecule has 0 amide bonds. The van der Waals surface area contributed by atoms with Crippen LogP contribution in [0.25, 0.3) is 0 Å². The van der Waals surface area contributed by atoms with Crippen molar-refractivity contribution in [3.63, 3.8) is 0 Å². The molecule has 16 heavy (non-hydrogen) atoms. The van der Waals surface area contributed by atoms with Crippen LogP contribution in [0.5, 0.6) is 0 Å². The van der Waals surface area contributed by atoms with Crippen LogP contribution in [-0.4, -0.2) is 12.8 Å². The van der Waals surface area contributed by atoms with Gasteiger partial charge in [-0.15, -0.1) is 0 Å². The van der Waals surface area contributed by atoms with Crippen LogP contribution in [0.4, 0.5) is 0 Å². The number of rotatable bonds is 11. The lowest BCUT2D eigenvalue weighted by atomic mass is 10.1. The van der Waals surface area contributed by atoms with Crippen molar-refractivity contribution in [2.75, 3.05) is 12.8 Å². The Bertz CT molecular complexity index is 186. The van der Waals surface area contributed by atoms with Gasteiger partial charge in [0.2, 0.25) is 0 Å². The zero-order valence-electron chi connectivity index (χ0n) is 11.0. The van der Waals surface area contributed by atoms with Crippen molar-refractivity contribution in [2.24, 2.45) is 0 Å². The van der Waals surface area contributed by atoms with E-state index in [0.29, 0.717) is 6.16 Å². The zero-order valence-corrected chi connectivity index (χ0v) is 11.9. The minimum absolute atomic E-state index is 0.392. The van der Waals surface area contributed by atoms with Crippen molar-refractivity contribution in [3.05, 3.63) is 0 Å². The summed E-state index contributed by atoms with van der Waals surface area (Å²) in [6.45, 7) is 3.59. The van der Waals surface area contributed by atoms with Gasteiger partial charge in [0.05, 0.1) is 0 Å². The average Bonchev–Trinajstić information content (AvgIpc) is 2.19. The summed E-state index contributed by atoms with van der Waals surface area (Å²) in [6, 6.07) is 0. The average molecular weight is 247 g/mol. The van der Waals surface area contributed by atoms with Crippen LogP contribution in [0, 0.1) is 0 Å². The van der Waals surface area contributed by atoms with Crippen LogP contribution in [0.3, 0.4) is 0 Å². The van der Waals surface area contributed by atoms with Crippen molar-refractivity contribution in [2.45, 2.75) is 71.1 Å². The van der Waals surface area contributed by atoms with E-state index in [4.69, 9.17) is 0 Å². The van der Waals surface area contributed by atoms with Crippen molar-refractivity contribution in [3.8, 4) is 0 Å². The summed E-state index contributed by atoms with van der Waals surface area (Å²) in [6.07, 6.45) is 12.9. The third-order valence-corrected chi connectivity index (χ3v) is 4.05. The highest BCUT2D eigenvalue weighted by molar-refractivity contribution is 7.55. The topological polar surface area (TPSA) is 40.1 Å². The summed E-state index contributed by atoms with van der Waals surface area (Å²) in [5, 5.41) is 0. The van der Waals surface area contributed by atoms with Crippen LogP contribution in [-0.2, 0) is 4.57 Å². The van der Waals surface area contributed by atoms with Crippen molar-refractivity contribution in [1.29, 1.82) is 0 Å². The summed E-state index contributed by atoms with van der Waals surface area (Å²) in [5.74, 6) is 0. The van der Waals surface area contributed by atoms with E-state index in [1.165, 1.54) is 58.0 Å². The first-order valence-electron chi connectivity index (χ1n) is 6.84. The lowest BCUT2D eigenvalue weighted by Crippen LogP contribution is -2.02. The zero-order chi connectivity index (χ0) is 12.3. The van der Waals surface area contributed by atoms with Gasteiger partial charge in [-0.3, -0.25) is 0 Å². The third kappa shape index (κ3) is 14.2. The van der Waals surface area contributed by atoms with E-state index in [-0.39, 0.29) is 0 Å². The predicted molar refractivity (Wildman–Crippen MR) is 70.2 cm³/mol. The first-order chi connectivity index (χ1) is 7.56. The Kier molecular flexibility index (Phi) is 10.5. The molecule has 0 saturated heterocycles. The second kappa shape index (κ2) is 10.4. The molecule has 0 N–H and O–H groups in total. The molecule has 0 rings (SSSR count). The van der Waals surface area contributed by atoms with Crippen molar-refractivity contribution in [1.82, 2.24) is 0 Å². The van der Waals surface area contributed by atoms with Gasteiger partial charge >= 0.3 is 0 Å². The van der Waals surface area contributed by atoms with E-state index >= 15 is 0 Å². The molecular formula is C13H28O2P-. The molecule has 3 heteroatoms. The Morgan fingerprint density at radius 2 is 1.19 bits per heavy atom. The molecule has 0 aliphatic rings. The summed E-state index contributed by atoms with van der Waals surface area (Å²) in [5.41, 5.74) is 0. The molecule has 1 unspecified atom stereocenters. The lowest BCUT2D eigenvalue weighted by Gasteiger charge is -2.16. The maximum Gasteiger partial charge on any atom is 0.0118 e. The molecule has 98 valence electrons. The Morgan fingerprint density at radius 3 is 1.56 bits per heavy atom. The molecule has 0 aromatic carbocycles. The molecule has 0 aromatic heterocycles. The van der Waals surface area contributed by atoms with Crippen LogP contribution in [0.2, 0.25) is 0 Å². The molecule has 0 bridgehead atoms. The quantitative estimate of drug-likeness (QED) is 0.406. The lowest BCUT2D eigenvalue weighted by molar-refractivity contribution is -0.173. The normalized spacial score (nSPS) is 14.9. The van der Waals surface area contributed by atoms with Crippen molar-refractivity contribution < 1.29 is 9.46 Å². The third-order valence-electron chi connectivity index (χ3n) is 2.92. The minimum atomic E-state index is -2.99. The molecule has 0 aliphatic carbocycles. The summed E-state index contributed by atoms with van der Waals surface area (Å²) in [4.78, 5) is 10.9. The standard InChI is InChI=1S/C13H29O2P/c1-3-4-5-6-7-8-9-10-11-12-13-16(2,14)15/h3-13H2,1-2H3,(H,14,15)/p-1. The highest BCUT2D eigenvalue weighted by Crippen LogP contribution is 2.30. The SMILES string of the molecule is CCCCCCCCCCCCP(C)(=O)[O-]. The first-order valence-corrected chi connectivity index (χ1v) is 9.09. The van der Waals surface area contributed by atoms with E-state index in [1.807, 2.05) is 0 Å². The highest BCUT2D eigenvalue weighted by Gasteiger charge is 1.98. The van der Waals surface area contributed by atoms with Gasteiger partial charge in [-0.1, -0.05) is 64.7 Å². The summed E-state index contributed by atoms with van der Waals surface area (Å²) < 4.78 is 10.9. The fraction of sp³-hybridized carbons (Fsp3) is 1.00. The van der Waals surface area contributed by atoms with Gasteiger partial charge in [0.1, 0.15) is 0 Å². The number of hydrogen-bond acceptors (Lipinski definition) is 2. The fourth-order valence-corrected chi connectivity index (χ4v) is 2.68. The molecule has 0 fully saturated rings. The monoisotopic (exact) mass is 247 g/mol. The van der Waals surface area contributed by atoms with Gasteiger partial charge in [0.25, 0.3) is 0 Å². The Balaban J connectivity index is 3.02. The van der Waals surface area contributed by atoms with E-state index in [9.17, 15) is 9.46 Å². The van der Waals surface area contributed by atoms with E-state index in [1.54, 1.807) is 0 Å². The van der Waals surface area contributed by atoms with Gasteiger partial charge in [-0.2, -0.15) is 0 Å². The second-order valence-corrected chi connectivity index (χ2v) is 7.40. The molecule has 0 aliphatic heterocycles. The predicted octanol–water partition coefficient (Wildman–Crippen LogP) is 4.18. The van der Waals surface area contributed by atoms with Gasteiger partial charge in [0.15, 0.2) is 0 Å². The molecule has 1 atom stereocenters. The van der Waals surface area contributed by atoms with E-state index < -0.39 is 7.37 Å². The maximum atomic E-state index is 10.9. The van der Waals surface area contributed by atoms with Gasteiger partial charge in [0, 0.05) is 7.37 Å². The van der Waals surface area contributed by atoms with Crippen LogP contribution in [0.1, 0.15) is 71.1 Å². The summed E-state index contributed by atoms with van der Waals surface area (Å²) >= 11 is 0. The second-order valence-electron chi connectivity index (χ2n) is 4.92. The Labute approximate surface area is 101 Å². The Hall–Kier alpha value is 0.190. The van der Waals surface area contributed by atoms with Crippen LogP contribution < -0.4 is 4.89 Å². The molecule has 0 saturated carbocycles. The smallest absolute Gasteiger partial charge is 0.0118 e. The van der Waals surface area contributed by atoms with Crippen molar-refractivity contribution >= 4 is 7.37 Å². The Morgan fingerprint density at radius 1 is 0.812 bits per heavy atom. The fourth-order valence-electron chi connectivity index (χ4n) is 1.89. The number of unbranched alkanes of at least 4 members (excludes halogenated alkanes) is 9. The van der Waals surface area contributed by atoms with Crippen LogP contribution in [0.15, 0.2) is 0 Å². The molecule has 0 aromatic rings. The molecular weight excluding hydrogens is 219 g/mol. The molecule has 2 nitrogen and oxygen atoms in total. The van der Waals surface area contributed by atoms with E-state index in [0.717, 1.165) is 12.8 Å². The van der Waals surface area contributed by atoms with Gasteiger partial charge in [-0.05, 0) is 19.2 Å². The molecule has 0 heterocycles. The van der Waals surface area contributed by atoms with Gasteiger partial charge < -0.3 is 9.46 Å². The largest absolute Gasteiger partial charge is 0.799 e. The highest BCUT2D eigenvalue weighted by atomic mass is 31.2. The van der Waals surface area contributed by atoms with E-state index in [2.05, 4.69) is 6.92 Å². The van der Waals surface area contributed by atoms with Crippen LogP contribution >= 0.6 is 7.37 Å². The minimum Gasteiger partial charge on any atom is -0.799 e. The first kappa shape index (κ1) is 16.2. The molecule has 0 spiro atoms. The van der Waals surface area contributed by atoms with Gasteiger partial charge in [-0.25, -0.2) is 0 Å². The summed E-state index contributed by atoms with van der Waals surface area (Å²) in [7, 11) is -2.99. The number of hydrogen-bond donors (Lipinski definition) is 0.